The second-order valence-electron chi connectivity index (χ2n) is 4.57. The Morgan fingerprint density at radius 3 is 2.53 bits per heavy atom. The average Bonchev–Trinajstić information content (AvgIpc) is 2.66. The van der Waals surface area contributed by atoms with Gasteiger partial charge in [-0.1, -0.05) is 0 Å². The first-order valence-electron chi connectivity index (χ1n) is 5.61. The standard InChI is InChI=1S/C13H16O4/c1-6-7(2)13-10(8(3)12(6)16)4-9(17-13)5-11(14)15/h9,16H,4-5H2,1-3H3,(H,14,15). The van der Waals surface area contributed by atoms with Crippen LogP contribution in [0.3, 0.4) is 0 Å². The number of phenolic OH excluding ortho intramolecular Hbond substituents is 1. The smallest absolute Gasteiger partial charge is 0.307 e. The van der Waals surface area contributed by atoms with E-state index in [0.717, 1.165) is 28.0 Å². The zero-order chi connectivity index (χ0) is 12.7. The molecule has 0 saturated heterocycles. The van der Waals surface area contributed by atoms with Gasteiger partial charge in [0.05, 0.1) is 6.42 Å². The van der Waals surface area contributed by atoms with Crippen molar-refractivity contribution in [3.05, 3.63) is 22.3 Å². The molecule has 1 unspecified atom stereocenters. The maximum Gasteiger partial charge on any atom is 0.307 e. The van der Waals surface area contributed by atoms with Gasteiger partial charge in [-0.3, -0.25) is 4.79 Å². The Balaban J connectivity index is 2.41. The van der Waals surface area contributed by atoms with Crippen LogP contribution < -0.4 is 4.74 Å². The van der Waals surface area contributed by atoms with E-state index >= 15 is 0 Å². The van der Waals surface area contributed by atoms with Crippen molar-refractivity contribution in [2.24, 2.45) is 0 Å². The lowest BCUT2D eigenvalue weighted by molar-refractivity contribution is -0.138. The van der Waals surface area contributed by atoms with Crippen LogP contribution in [-0.4, -0.2) is 22.3 Å². The van der Waals surface area contributed by atoms with E-state index in [4.69, 9.17) is 9.84 Å². The van der Waals surface area contributed by atoms with Gasteiger partial charge in [0.15, 0.2) is 0 Å². The molecule has 0 radical (unpaired) electrons. The van der Waals surface area contributed by atoms with Crippen LogP contribution in [0.4, 0.5) is 0 Å². The molecule has 0 bridgehead atoms. The van der Waals surface area contributed by atoms with E-state index in [1.165, 1.54) is 0 Å². The molecule has 0 aromatic heterocycles. The summed E-state index contributed by atoms with van der Waals surface area (Å²) in [6.45, 7) is 5.56. The Bertz CT molecular complexity index is 454. The minimum Gasteiger partial charge on any atom is -0.507 e. The van der Waals surface area contributed by atoms with Crippen molar-refractivity contribution in [2.75, 3.05) is 0 Å². The van der Waals surface area contributed by atoms with Crippen LogP contribution in [0.5, 0.6) is 11.5 Å². The number of ether oxygens (including phenoxy) is 1. The van der Waals surface area contributed by atoms with Gasteiger partial charge in [-0.2, -0.15) is 0 Å². The van der Waals surface area contributed by atoms with Gasteiger partial charge in [-0.25, -0.2) is 0 Å². The van der Waals surface area contributed by atoms with Crippen LogP contribution in [0.25, 0.3) is 0 Å². The van der Waals surface area contributed by atoms with E-state index in [9.17, 15) is 9.90 Å². The molecule has 1 aliphatic rings. The van der Waals surface area contributed by atoms with Gasteiger partial charge in [0, 0.05) is 12.0 Å². The molecular weight excluding hydrogens is 220 g/mol. The molecule has 1 aromatic carbocycles. The lowest BCUT2D eigenvalue weighted by atomic mass is 9.96. The number of carboxylic acids is 1. The summed E-state index contributed by atoms with van der Waals surface area (Å²) < 4.78 is 5.67. The van der Waals surface area contributed by atoms with E-state index in [0.29, 0.717) is 12.2 Å². The number of fused-ring (bicyclic) bond motifs is 1. The van der Waals surface area contributed by atoms with Crippen molar-refractivity contribution in [2.45, 2.75) is 39.7 Å². The zero-order valence-electron chi connectivity index (χ0n) is 10.2. The van der Waals surface area contributed by atoms with Crippen molar-refractivity contribution in [1.82, 2.24) is 0 Å². The number of phenols is 1. The number of aliphatic carboxylic acids is 1. The maximum atomic E-state index is 10.7. The summed E-state index contributed by atoms with van der Waals surface area (Å²) in [5.74, 6) is 0.184. The first-order valence-corrected chi connectivity index (χ1v) is 5.61. The lowest BCUT2D eigenvalue weighted by Crippen LogP contribution is -2.17. The summed E-state index contributed by atoms with van der Waals surface area (Å²) in [4.78, 5) is 10.7. The molecule has 0 spiro atoms. The Morgan fingerprint density at radius 1 is 1.29 bits per heavy atom. The molecule has 0 fully saturated rings. The molecule has 1 aliphatic heterocycles. The highest BCUT2D eigenvalue weighted by molar-refractivity contribution is 5.68. The largest absolute Gasteiger partial charge is 0.507 e. The number of aromatic hydroxyl groups is 1. The van der Waals surface area contributed by atoms with E-state index in [-0.39, 0.29) is 12.5 Å². The Morgan fingerprint density at radius 2 is 1.94 bits per heavy atom. The molecule has 0 saturated carbocycles. The van der Waals surface area contributed by atoms with E-state index in [1.54, 1.807) is 0 Å². The number of hydrogen-bond acceptors (Lipinski definition) is 3. The topological polar surface area (TPSA) is 66.8 Å². The predicted molar refractivity (Wildman–Crippen MR) is 62.7 cm³/mol. The molecule has 1 heterocycles. The molecule has 2 rings (SSSR count). The predicted octanol–water partition coefficient (Wildman–Crippen LogP) is 2.10. The van der Waals surface area contributed by atoms with Gasteiger partial charge in [-0.15, -0.1) is 0 Å². The van der Waals surface area contributed by atoms with Crippen molar-refractivity contribution in [3.63, 3.8) is 0 Å². The van der Waals surface area contributed by atoms with Crippen molar-refractivity contribution in [3.8, 4) is 11.5 Å². The van der Waals surface area contributed by atoms with Gasteiger partial charge in [0.2, 0.25) is 0 Å². The summed E-state index contributed by atoms with van der Waals surface area (Å²) in [5.41, 5.74) is 3.45. The highest BCUT2D eigenvalue weighted by Crippen LogP contribution is 2.42. The van der Waals surface area contributed by atoms with E-state index in [2.05, 4.69) is 0 Å². The second kappa shape index (κ2) is 3.95. The number of benzene rings is 1. The fraction of sp³-hybridized carbons (Fsp3) is 0.462. The van der Waals surface area contributed by atoms with Crippen molar-refractivity contribution < 1.29 is 19.7 Å². The second-order valence-corrected chi connectivity index (χ2v) is 4.57. The summed E-state index contributed by atoms with van der Waals surface area (Å²) in [6, 6.07) is 0. The highest BCUT2D eigenvalue weighted by atomic mass is 16.5. The van der Waals surface area contributed by atoms with Crippen LogP contribution in [0.15, 0.2) is 0 Å². The number of carbonyl (C=O) groups is 1. The van der Waals surface area contributed by atoms with Crippen LogP contribution >= 0.6 is 0 Å². The van der Waals surface area contributed by atoms with E-state index in [1.807, 2.05) is 20.8 Å². The average molecular weight is 236 g/mol. The zero-order valence-corrected chi connectivity index (χ0v) is 10.2. The Labute approximate surface area is 99.8 Å². The molecule has 1 atom stereocenters. The van der Waals surface area contributed by atoms with Crippen molar-refractivity contribution in [1.29, 1.82) is 0 Å². The fourth-order valence-electron chi connectivity index (χ4n) is 2.32. The Hall–Kier alpha value is -1.71. The minimum atomic E-state index is -0.862. The molecular formula is C13H16O4. The lowest BCUT2D eigenvalue weighted by Gasteiger charge is -2.13. The van der Waals surface area contributed by atoms with Crippen LogP contribution in [0.1, 0.15) is 28.7 Å². The summed E-state index contributed by atoms with van der Waals surface area (Å²) in [7, 11) is 0. The molecule has 0 amide bonds. The maximum absolute atomic E-state index is 10.7. The van der Waals surface area contributed by atoms with Crippen molar-refractivity contribution >= 4 is 5.97 Å². The monoisotopic (exact) mass is 236 g/mol. The number of carboxylic acid groups (broad SMARTS) is 1. The molecule has 2 N–H and O–H groups in total. The molecule has 0 aliphatic carbocycles. The highest BCUT2D eigenvalue weighted by Gasteiger charge is 2.30. The van der Waals surface area contributed by atoms with Crippen LogP contribution in [0.2, 0.25) is 0 Å². The number of hydrogen-bond donors (Lipinski definition) is 2. The fourth-order valence-corrected chi connectivity index (χ4v) is 2.32. The first kappa shape index (κ1) is 11.8. The third kappa shape index (κ3) is 1.84. The Kier molecular flexibility index (Phi) is 2.73. The summed E-state index contributed by atoms with van der Waals surface area (Å²) in [5, 5.41) is 18.7. The third-order valence-corrected chi connectivity index (χ3v) is 3.46. The first-order chi connectivity index (χ1) is 7.91. The SMILES string of the molecule is Cc1c(C)c2c(c(C)c1O)CC(CC(=O)O)O2. The summed E-state index contributed by atoms with van der Waals surface area (Å²) in [6.07, 6.45) is 0.233. The molecule has 1 aromatic rings. The molecule has 17 heavy (non-hydrogen) atoms. The molecule has 92 valence electrons. The van der Waals surface area contributed by atoms with Gasteiger partial charge < -0.3 is 14.9 Å². The van der Waals surface area contributed by atoms with Crippen LogP contribution in [-0.2, 0) is 11.2 Å². The molecule has 4 nitrogen and oxygen atoms in total. The minimum absolute atomic E-state index is 0.00658. The quantitative estimate of drug-likeness (QED) is 0.825. The normalized spacial score (nSPS) is 17.7. The van der Waals surface area contributed by atoms with E-state index < -0.39 is 5.97 Å². The van der Waals surface area contributed by atoms with Gasteiger partial charge in [0.1, 0.15) is 17.6 Å². The van der Waals surface area contributed by atoms with Gasteiger partial charge in [-0.05, 0) is 37.5 Å². The summed E-state index contributed by atoms with van der Waals surface area (Å²) >= 11 is 0. The number of rotatable bonds is 2. The molecule has 4 heteroatoms. The van der Waals surface area contributed by atoms with Gasteiger partial charge >= 0.3 is 5.97 Å². The van der Waals surface area contributed by atoms with Gasteiger partial charge in [0.25, 0.3) is 0 Å². The third-order valence-electron chi connectivity index (χ3n) is 3.46. The van der Waals surface area contributed by atoms with Crippen LogP contribution in [0, 0.1) is 20.8 Å².